The second-order valence-corrected chi connectivity index (χ2v) is 5.42. The Morgan fingerprint density at radius 3 is 2.53 bits per heavy atom. The Hall–Kier alpha value is -0.410. The van der Waals surface area contributed by atoms with Crippen LogP contribution in [-0.2, 0) is 0 Å². The van der Waals surface area contributed by atoms with Crippen LogP contribution < -0.4 is 5.32 Å². The lowest BCUT2D eigenvalue weighted by Crippen LogP contribution is -2.27. The highest BCUT2D eigenvalue weighted by atomic mass is 79.9. The first-order chi connectivity index (χ1) is 8.08. The predicted octanol–water partition coefficient (Wildman–Crippen LogP) is 4.68. The Balaban J connectivity index is 2.95. The topological polar surface area (TPSA) is 12.0 Å². The minimum atomic E-state index is -0.180. The van der Waals surface area contributed by atoms with Gasteiger partial charge in [-0.2, -0.15) is 0 Å². The molecule has 0 spiro atoms. The molecule has 1 N–H and O–H groups in total. The Labute approximate surface area is 112 Å². The summed E-state index contributed by atoms with van der Waals surface area (Å²) in [6.45, 7) is 7.38. The zero-order valence-corrected chi connectivity index (χ0v) is 12.3. The molecule has 0 saturated heterocycles. The van der Waals surface area contributed by atoms with E-state index in [9.17, 15) is 4.39 Å². The lowest BCUT2D eigenvalue weighted by molar-refractivity contribution is 0.368. The molecule has 1 aromatic carbocycles. The molecule has 96 valence electrons. The highest BCUT2D eigenvalue weighted by molar-refractivity contribution is 9.10. The minimum Gasteiger partial charge on any atom is -0.310 e. The van der Waals surface area contributed by atoms with Gasteiger partial charge < -0.3 is 5.32 Å². The van der Waals surface area contributed by atoms with E-state index in [1.54, 1.807) is 6.07 Å². The third-order valence-corrected chi connectivity index (χ3v) is 3.44. The molecule has 3 heteroatoms. The quantitative estimate of drug-likeness (QED) is 0.805. The molecule has 1 rings (SSSR count). The van der Waals surface area contributed by atoms with Crippen molar-refractivity contribution in [1.29, 1.82) is 0 Å². The largest absolute Gasteiger partial charge is 0.310 e. The van der Waals surface area contributed by atoms with Crippen molar-refractivity contribution in [3.63, 3.8) is 0 Å². The predicted molar refractivity (Wildman–Crippen MR) is 74.6 cm³/mol. The summed E-state index contributed by atoms with van der Waals surface area (Å²) in [7, 11) is 0. The van der Waals surface area contributed by atoms with Crippen LogP contribution in [0.15, 0.2) is 22.7 Å². The zero-order chi connectivity index (χ0) is 12.8. The fourth-order valence-electron chi connectivity index (χ4n) is 2.24. The number of rotatable bonds is 6. The van der Waals surface area contributed by atoms with Gasteiger partial charge in [0.1, 0.15) is 5.82 Å². The fraction of sp³-hybridized carbons (Fsp3) is 0.571. The molecule has 17 heavy (non-hydrogen) atoms. The van der Waals surface area contributed by atoms with Crippen molar-refractivity contribution in [1.82, 2.24) is 5.32 Å². The van der Waals surface area contributed by atoms with E-state index >= 15 is 0 Å². The molecule has 0 aromatic heterocycles. The summed E-state index contributed by atoms with van der Waals surface area (Å²) < 4.78 is 14.2. The van der Waals surface area contributed by atoms with Gasteiger partial charge in [-0.05, 0) is 42.6 Å². The van der Waals surface area contributed by atoms with Crippen molar-refractivity contribution in [2.24, 2.45) is 5.92 Å². The van der Waals surface area contributed by atoms with E-state index in [4.69, 9.17) is 0 Å². The Bertz CT molecular complexity index is 334. The van der Waals surface area contributed by atoms with E-state index in [0.29, 0.717) is 5.92 Å². The van der Waals surface area contributed by atoms with Crippen LogP contribution in [0.2, 0.25) is 0 Å². The summed E-state index contributed by atoms with van der Waals surface area (Å²) in [5.74, 6) is 0.328. The van der Waals surface area contributed by atoms with Crippen molar-refractivity contribution in [2.75, 3.05) is 6.54 Å². The van der Waals surface area contributed by atoms with Crippen LogP contribution in [0, 0.1) is 11.7 Å². The lowest BCUT2D eigenvalue weighted by Gasteiger charge is -2.25. The number of nitrogens with one attached hydrogen (secondary N) is 1. The van der Waals surface area contributed by atoms with Crippen molar-refractivity contribution >= 4 is 15.9 Å². The van der Waals surface area contributed by atoms with Gasteiger partial charge in [0, 0.05) is 10.5 Å². The second kappa shape index (κ2) is 7.12. The number of hydrogen-bond acceptors (Lipinski definition) is 1. The second-order valence-electron chi connectivity index (χ2n) is 4.50. The smallest absolute Gasteiger partial charge is 0.124 e. The van der Waals surface area contributed by atoms with E-state index in [1.807, 2.05) is 6.07 Å². The molecule has 0 aliphatic heterocycles. The van der Waals surface area contributed by atoms with Crippen LogP contribution in [0.3, 0.4) is 0 Å². The average molecular weight is 302 g/mol. The summed E-state index contributed by atoms with van der Waals surface area (Å²) >= 11 is 3.35. The third-order valence-electron chi connectivity index (χ3n) is 2.98. The van der Waals surface area contributed by atoms with Gasteiger partial charge in [0.15, 0.2) is 0 Å². The minimum absolute atomic E-state index is 0.180. The van der Waals surface area contributed by atoms with Crippen molar-refractivity contribution < 1.29 is 4.39 Å². The molecule has 0 fully saturated rings. The number of hydrogen-bond donors (Lipinski definition) is 1. The van der Waals surface area contributed by atoms with Gasteiger partial charge in [-0.25, -0.2) is 4.39 Å². The van der Waals surface area contributed by atoms with E-state index in [1.165, 1.54) is 6.07 Å². The zero-order valence-electron chi connectivity index (χ0n) is 10.8. The highest BCUT2D eigenvalue weighted by Crippen LogP contribution is 2.28. The van der Waals surface area contributed by atoms with Crippen LogP contribution in [-0.4, -0.2) is 6.54 Å². The maximum absolute atomic E-state index is 13.4. The molecular formula is C14H21BrFN. The van der Waals surface area contributed by atoms with Gasteiger partial charge in [0.2, 0.25) is 0 Å². The SMILES string of the molecule is CCCC(C)C(NCC)c1cc(F)cc(Br)c1. The third kappa shape index (κ3) is 4.40. The highest BCUT2D eigenvalue weighted by Gasteiger charge is 2.18. The van der Waals surface area contributed by atoms with Gasteiger partial charge in [-0.15, -0.1) is 0 Å². The maximum Gasteiger partial charge on any atom is 0.124 e. The molecule has 0 radical (unpaired) electrons. The van der Waals surface area contributed by atoms with Gasteiger partial charge in [0.05, 0.1) is 0 Å². The molecule has 2 unspecified atom stereocenters. The van der Waals surface area contributed by atoms with E-state index < -0.39 is 0 Å². The molecule has 1 nitrogen and oxygen atoms in total. The summed E-state index contributed by atoms with van der Waals surface area (Å²) in [4.78, 5) is 0. The van der Waals surface area contributed by atoms with Crippen LogP contribution >= 0.6 is 15.9 Å². The molecular weight excluding hydrogens is 281 g/mol. The summed E-state index contributed by atoms with van der Waals surface area (Å²) in [6.07, 6.45) is 2.30. The molecule has 0 saturated carbocycles. The Kier molecular flexibility index (Phi) is 6.14. The van der Waals surface area contributed by atoms with Gasteiger partial charge in [0.25, 0.3) is 0 Å². The maximum atomic E-state index is 13.4. The Morgan fingerprint density at radius 1 is 1.29 bits per heavy atom. The van der Waals surface area contributed by atoms with Crippen LogP contribution in [0.1, 0.15) is 45.2 Å². The number of benzene rings is 1. The first kappa shape index (κ1) is 14.7. The van der Waals surface area contributed by atoms with Crippen LogP contribution in [0.5, 0.6) is 0 Å². The molecule has 0 heterocycles. The fourth-order valence-corrected chi connectivity index (χ4v) is 2.73. The van der Waals surface area contributed by atoms with Crippen molar-refractivity contribution in [3.8, 4) is 0 Å². The average Bonchev–Trinajstić information content (AvgIpc) is 2.24. The van der Waals surface area contributed by atoms with E-state index in [-0.39, 0.29) is 11.9 Å². The number of halogens is 2. The molecule has 0 bridgehead atoms. The van der Waals surface area contributed by atoms with Gasteiger partial charge >= 0.3 is 0 Å². The Morgan fingerprint density at radius 2 is 2.00 bits per heavy atom. The lowest BCUT2D eigenvalue weighted by atomic mass is 9.91. The standard InChI is InChI=1S/C14H21BrFN/c1-4-6-10(3)14(17-5-2)11-7-12(15)9-13(16)8-11/h7-10,14,17H,4-6H2,1-3H3. The summed E-state index contributed by atoms with van der Waals surface area (Å²) in [6, 6.07) is 5.36. The molecule has 0 aliphatic rings. The van der Waals surface area contributed by atoms with Gasteiger partial charge in [-0.1, -0.05) is 43.1 Å². The van der Waals surface area contributed by atoms with E-state index in [2.05, 4.69) is 42.0 Å². The molecule has 0 aliphatic carbocycles. The van der Waals surface area contributed by atoms with Crippen LogP contribution in [0.4, 0.5) is 4.39 Å². The first-order valence-corrected chi connectivity index (χ1v) is 7.07. The monoisotopic (exact) mass is 301 g/mol. The van der Waals surface area contributed by atoms with Crippen LogP contribution in [0.25, 0.3) is 0 Å². The van der Waals surface area contributed by atoms with Crippen molar-refractivity contribution in [2.45, 2.75) is 39.7 Å². The van der Waals surface area contributed by atoms with Crippen molar-refractivity contribution in [3.05, 3.63) is 34.1 Å². The normalized spacial score (nSPS) is 14.6. The molecule has 2 atom stereocenters. The van der Waals surface area contributed by atoms with E-state index in [0.717, 1.165) is 29.4 Å². The molecule has 1 aromatic rings. The summed E-state index contributed by atoms with van der Waals surface area (Å²) in [5, 5.41) is 3.45. The summed E-state index contributed by atoms with van der Waals surface area (Å²) in [5.41, 5.74) is 1.03. The molecule has 0 amide bonds. The van der Waals surface area contributed by atoms with Gasteiger partial charge in [-0.3, -0.25) is 0 Å². The first-order valence-electron chi connectivity index (χ1n) is 6.27.